The average molecular weight is 261 g/mol. The number of rotatable bonds is 5. The van der Waals surface area contributed by atoms with Crippen molar-refractivity contribution in [1.29, 1.82) is 0 Å². The van der Waals surface area contributed by atoms with Crippen LogP contribution in [0.2, 0.25) is 0 Å². The van der Waals surface area contributed by atoms with Gasteiger partial charge in [0.1, 0.15) is 5.75 Å². The maximum absolute atomic E-state index is 5.68. The van der Waals surface area contributed by atoms with Crippen molar-refractivity contribution in [3.63, 3.8) is 0 Å². The maximum Gasteiger partial charge on any atom is 0.123 e. The first kappa shape index (κ1) is 14.4. The molecule has 2 rings (SSSR count). The number of para-hydroxylation sites is 1. The van der Waals surface area contributed by atoms with E-state index in [1.165, 1.54) is 37.7 Å². The Morgan fingerprint density at radius 2 is 2.00 bits per heavy atom. The van der Waals surface area contributed by atoms with Crippen LogP contribution in [-0.4, -0.2) is 12.6 Å². The summed E-state index contributed by atoms with van der Waals surface area (Å²) in [7, 11) is 0. The predicted molar refractivity (Wildman–Crippen MR) is 80.5 cm³/mol. The Hall–Kier alpha value is -1.02. The zero-order valence-corrected chi connectivity index (χ0v) is 12.3. The molecule has 0 aliphatic heterocycles. The molecule has 1 aliphatic carbocycles. The van der Waals surface area contributed by atoms with Crippen molar-refractivity contribution in [3.05, 3.63) is 29.8 Å². The summed E-state index contributed by atoms with van der Waals surface area (Å²) in [6.07, 6.45) is 6.77. The molecule has 2 unspecified atom stereocenters. The second kappa shape index (κ2) is 7.54. The van der Waals surface area contributed by atoms with E-state index < -0.39 is 0 Å². The molecular formula is C17H27NO. The molecule has 0 spiro atoms. The summed E-state index contributed by atoms with van der Waals surface area (Å²) in [6, 6.07) is 9.04. The first-order valence-electron chi connectivity index (χ1n) is 7.73. The molecule has 0 radical (unpaired) electrons. The Balaban J connectivity index is 1.87. The van der Waals surface area contributed by atoms with Gasteiger partial charge in [0, 0.05) is 18.2 Å². The molecule has 19 heavy (non-hydrogen) atoms. The summed E-state index contributed by atoms with van der Waals surface area (Å²) in [4.78, 5) is 0. The minimum absolute atomic E-state index is 0.680. The largest absolute Gasteiger partial charge is 0.494 e. The van der Waals surface area contributed by atoms with Gasteiger partial charge in [-0.1, -0.05) is 38.0 Å². The van der Waals surface area contributed by atoms with E-state index in [1.807, 2.05) is 13.0 Å². The van der Waals surface area contributed by atoms with Crippen LogP contribution in [-0.2, 0) is 6.54 Å². The monoisotopic (exact) mass is 261 g/mol. The molecule has 1 N–H and O–H groups in total. The van der Waals surface area contributed by atoms with Gasteiger partial charge in [-0.15, -0.1) is 0 Å². The smallest absolute Gasteiger partial charge is 0.123 e. The van der Waals surface area contributed by atoms with E-state index in [9.17, 15) is 0 Å². The van der Waals surface area contributed by atoms with Gasteiger partial charge < -0.3 is 10.1 Å². The third kappa shape index (κ3) is 4.54. The van der Waals surface area contributed by atoms with Gasteiger partial charge in [0.15, 0.2) is 0 Å². The molecule has 0 aromatic heterocycles. The highest BCUT2D eigenvalue weighted by Gasteiger charge is 2.16. The van der Waals surface area contributed by atoms with Crippen molar-refractivity contribution in [2.24, 2.45) is 5.92 Å². The number of benzene rings is 1. The minimum atomic E-state index is 0.680. The fourth-order valence-corrected chi connectivity index (χ4v) is 2.89. The molecular weight excluding hydrogens is 234 g/mol. The van der Waals surface area contributed by atoms with Crippen molar-refractivity contribution in [1.82, 2.24) is 5.32 Å². The molecule has 2 heteroatoms. The molecule has 0 bridgehead atoms. The van der Waals surface area contributed by atoms with E-state index in [1.54, 1.807) is 0 Å². The highest BCUT2D eigenvalue weighted by molar-refractivity contribution is 5.33. The summed E-state index contributed by atoms with van der Waals surface area (Å²) >= 11 is 0. The zero-order chi connectivity index (χ0) is 13.5. The van der Waals surface area contributed by atoms with E-state index in [4.69, 9.17) is 4.74 Å². The second-order valence-corrected chi connectivity index (χ2v) is 5.73. The number of hydrogen-bond acceptors (Lipinski definition) is 2. The van der Waals surface area contributed by atoms with Crippen LogP contribution < -0.4 is 10.1 Å². The lowest BCUT2D eigenvalue weighted by molar-refractivity contribution is 0.333. The van der Waals surface area contributed by atoms with Crippen molar-refractivity contribution >= 4 is 0 Å². The summed E-state index contributed by atoms with van der Waals surface area (Å²) in [6.45, 7) is 6.08. The van der Waals surface area contributed by atoms with E-state index in [-0.39, 0.29) is 0 Å². The van der Waals surface area contributed by atoms with Crippen molar-refractivity contribution in [2.45, 2.75) is 58.5 Å². The first-order chi connectivity index (χ1) is 9.29. The molecule has 0 saturated heterocycles. The van der Waals surface area contributed by atoms with E-state index in [2.05, 4.69) is 30.4 Å². The van der Waals surface area contributed by atoms with Gasteiger partial charge in [-0.3, -0.25) is 0 Å². The zero-order valence-electron chi connectivity index (χ0n) is 12.3. The third-order valence-corrected chi connectivity index (χ3v) is 4.11. The van der Waals surface area contributed by atoms with Crippen LogP contribution in [0.3, 0.4) is 0 Å². The molecule has 2 nitrogen and oxygen atoms in total. The SMILES string of the molecule is CCOc1ccccc1CNC1CCCC(C)CC1. The van der Waals surface area contributed by atoms with E-state index in [0.717, 1.165) is 24.8 Å². The second-order valence-electron chi connectivity index (χ2n) is 5.73. The number of ether oxygens (including phenoxy) is 1. The quantitative estimate of drug-likeness (QED) is 0.804. The Kier molecular flexibility index (Phi) is 5.71. The molecule has 1 aliphatic rings. The predicted octanol–water partition coefficient (Wildman–Crippen LogP) is 4.14. The fourth-order valence-electron chi connectivity index (χ4n) is 2.89. The van der Waals surface area contributed by atoms with Crippen LogP contribution >= 0.6 is 0 Å². The maximum atomic E-state index is 5.68. The van der Waals surface area contributed by atoms with Crippen molar-refractivity contribution in [2.75, 3.05) is 6.61 Å². The molecule has 0 heterocycles. The van der Waals surface area contributed by atoms with Crippen LogP contribution in [0.25, 0.3) is 0 Å². The fraction of sp³-hybridized carbons (Fsp3) is 0.647. The van der Waals surface area contributed by atoms with Gasteiger partial charge in [-0.25, -0.2) is 0 Å². The highest BCUT2D eigenvalue weighted by Crippen LogP contribution is 2.24. The third-order valence-electron chi connectivity index (χ3n) is 4.11. The molecule has 106 valence electrons. The normalized spacial score (nSPS) is 23.9. The molecule has 0 amide bonds. The van der Waals surface area contributed by atoms with Gasteiger partial charge in [-0.05, 0) is 38.2 Å². The topological polar surface area (TPSA) is 21.3 Å². The van der Waals surface area contributed by atoms with Gasteiger partial charge in [0.25, 0.3) is 0 Å². The van der Waals surface area contributed by atoms with Gasteiger partial charge >= 0.3 is 0 Å². The lowest BCUT2D eigenvalue weighted by Crippen LogP contribution is -2.28. The molecule has 1 aromatic carbocycles. The van der Waals surface area contributed by atoms with Crippen molar-refractivity contribution in [3.8, 4) is 5.75 Å². The Labute approximate surface area is 117 Å². The number of nitrogens with one attached hydrogen (secondary N) is 1. The lowest BCUT2D eigenvalue weighted by atomic mass is 10.0. The Bertz CT molecular complexity index is 377. The van der Waals surface area contributed by atoms with Crippen LogP contribution in [0.15, 0.2) is 24.3 Å². The lowest BCUT2D eigenvalue weighted by Gasteiger charge is -2.18. The standard InChI is InChI=1S/C17H27NO/c1-3-19-17-10-5-4-8-15(17)13-18-16-9-6-7-14(2)11-12-16/h4-5,8,10,14,16,18H,3,6-7,9,11-13H2,1-2H3. The van der Waals surface area contributed by atoms with Gasteiger partial charge in [0.2, 0.25) is 0 Å². The van der Waals surface area contributed by atoms with Gasteiger partial charge in [-0.2, -0.15) is 0 Å². The molecule has 1 saturated carbocycles. The van der Waals surface area contributed by atoms with Crippen LogP contribution in [0.4, 0.5) is 0 Å². The molecule has 1 fully saturated rings. The van der Waals surface area contributed by atoms with E-state index >= 15 is 0 Å². The van der Waals surface area contributed by atoms with Crippen molar-refractivity contribution < 1.29 is 4.74 Å². The number of hydrogen-bond donors (Lipinski definition) is 1. The average Bonchev–Trinajstić information content (AvgIpc) is 2.63. The van der Waals surface area contributed by atoms with Crippen LogP contribution in [0.1, 0.15) is 51.5 Å². The minimum Gasteiger partial charge on any atom is -0.494 e. The Morgan fingerprint density at radius 3 is 2.84 bits per heavy atom. The molecule has 1 aromatic rings. The van der Waals surface area contributed by atoms with Gasteiger partial charge in [0.05, 0.1) is 6.61 Å². The van der Waals surface area contributed by atoms with E-state index in [0.29, 0.717) is 6.04 Å². The first-order valence-corrected chi connectivity index (χ1v) is 7.73. The Morgan fingerprint density at radius 1 is 1.16 bits per heavy atom. The molecule has 2 atom stereocenters. The highest BCUT2D eigenvalue weighted by atomic mass is 16.5. The van der Waals surface area contributed by atoms with Crippen LogP contribution in [0.5, 0.6) is 5.75 Å². The van der Waals surface area contributed by atoms with Crippen LogP contribution in [0, 0.1) is 5.92 Å². The summed E-state index contributed by atoms with van der Waals surface area (Å²) < 4.78 is 5.68. The summed E-state index contributed by atoms with van der Waals surface area (Å²) in [5, 5.41) is 3.72. The summed E-state index contributed by atoms with van der Waals surface area (Å²) in [5.41, 5.74) is 1.28. The summed E-state index contributed by atoms with van der Waals surface area (Å²) in [5.74, 6) is 1.93.